The van der Waals surface area contributed by atoms with Crippen LogP contribution < -0.4 is 10.5 Å². The zero-order chi connectivity index (χ0) is 21.7. The monoisotopic (exact) mass is 446 g/mol. The molecule has 3 aromatic heterocycles. The number of piperazine rings is 1. The van der Waals surface area contributed by atoms with Crippen LogP contribution in [-0.2, 0) is 19.4 Å². The van der Waals surface area contributed by atoms with E-state index >= 15 is 0 Å². The normalized spacial score (nSPS) is 19.5. The number of nitrogens with zero attached hydrogens (tertiary/aromatic N) is 5. The lowest BCUT2D eigenvalue weighted by Crippen LogP contribution is -2.46. The van der Waals surface area contributed by atoms with Crippen molar-refractivity contribution in [2.24, 2.45) is 5.92 Å². The third-order valence-electron chi connectivity index (χ3n) is 6.78. The molecule has 1 aliphatic carbocycles. The van der Waals surface area contributed by atoms with Gasteiger partial charge in [-0.05, 0) is 42.9 Å². The van der Waals surface area contributed by atoms with Crippen LogP contribution in [0.25, 0.3) is 21.1 Å². The standard InChI is InChI=1S/C24H26N6OS/c1-15-6-7-17-19(12-15)32-24-21(17)22(25-14-26-24)30-10-8-29(9-11-30)13-20-27-18-5-3-2-4-16(18)23(31)28-20/h2-5,14-15H,6-13H2,1H3,(H,27,28,31). The summed E-state index contributed by atoms with van der Waals surface area (Å²) in [6.45, 7) is 6.63. The highest BCUT2D eigenvalue weighted by Crippen LogP contribution is 2.40. The van der Waals surface area contributed by atoms with E-state index in [1.807, 2.05) is 35.6 Å². The molecule has 1 N–H and O–H groups in total. The summed E-state index contributed by atoms with van der Waals surface area (Å²) in [5.74, 6) is 2.58. The van der Waals surface area contributed by atoms with Gasteiger partial charge < -0.3 is 9.88 Å². The fraction of sp³-hybridized carbons (Fsp3) is 0.417. The third kappa shape index (κ3) is 3.47. The fourth-order valence-electron chi connectivity index (χ4n) is 5.04. The molecule has 1 unspecified atom stereocenters. The first-order valence-electron chi connectivity index (χ1n) is 11.4. The number of hydrogen-bond acceptors (Lipinski definition) is 7. The average molecular weight is 447 g/mol. The Kier molecular flexibility index (Phi) is 4.91. The van der Waals surface area contributed by atoms with Crippen LogP contribution in [0.1, 0.15) is 29.6 Å². The maximum atomic E-state index is 12.4. The maximum Gasteiger partial charge on any atom is 0.258 e. The quantitative estimate of drug-likeness (QED) is 0.520. The maximum absolute atomic E-state index is 12.4. The predicted molar refractivity (Wildman–Crippen MR) is 128 cm³/mol. The van der Waals surface area contributed by atoms with Crippen molar-refractivity contribution >= 4 is 38.3 Å². The van der Waals surface area contributed by atoms with Gasteiger partial charge in [-0.3, -0.25) is 9.69 Å². The second kappa shape index (κ2) is 7.94. The van der Waals surface area contributed by atoms with Gasteiger partial charge in [0.1, 0.15) is 22.8 Å². The number of benzene rings is 1. The molecular weight excluding hydrogens is 420 g/mol. The van der Waals surface area contributed by atoms with Crippen LogP contribution in [0.15, 0.2) is 35.4 Å². The Morgan fingerprint density at radius 2 is 2.00 bits per heavy atom. The number of rotatable bonds is 3. The highest BCUT2D eigenvalue weighted by molar-refractivity contribution is 7.19. The number of H-pyrrole nitrogens is 1. The first kappa shape index (κ1) is 19.8. The van der Waals surface area contributed by atoms with Crippen LogP contribution in [0.2, 0.25) is 0 Å². The van der Waals surface area contributed by atoms with Crippen molar-refractivity contribution in [2.75, 3.05) is 31.1 Å². The van der Waals surface area contributed by atoms with Crippen molar-refractivity contribution in [3.8, 4) is 0 Å². The number of aromatic amines is 1. The Bertz CT molecular complexity index is 1350. The molecule has 0 bridgehead atoms. The second-order valence-corrected chi connectivity index (χ2v) is 10.1. The first-order chi connectivity index (χ1) is 15.7. The Balaban J connectivity index is 1.21. The number of nitrogens with one attached hydrogen (secondary N) is 1. The van der Waals surface area contributed by atoms with E-state index in [-0.39, 0.29) is 5.56 Å². The van der Waals surface area contributed by atoms with Crippen LogP contribution in [0.3, 0.4) is 0 Å². The van der Waals surface area contributed by atoms with Crippen molar-refractivity contribution in [2.45, 2.75) is 32.7 Å². The summed E-state index contributed by atoms with van der Waals surface area (Å²) in [7, 11) is 0. The van der Waals surface area contributed by atoms with Crippen LogP contribution in [0.5, 0.6) is 0 Å². The molecule has 0 radical (unpaired) electrons. The van der Waals surface area contributed by atoms with Gasteiger partial charge in [0.15, 0.2) is 0 Å². The molecule has 1 saturated heterocycles. The SMILES string of the molecule is CC1CCc2c(sc3ncnc(N4CCN(Cc5nc6ccccc6c(=O)[nH]5)CC4)c23)C1. The van der Waals surface area contributed by atoms with Crippen molar-refractivity contribution in [1.29, 1.82) is 0 Å². The van der Waals surface area contributed by atoms with E-state index in [2.05, 4.69) is 31.7 Å². The Morgan fingerprint density at radius 3 is 2.88 bits per heavy atom. The average Bonchev–Trinajstić information content (AvgIpc) is 3.17. The summed E-state index contributed by atoms with van der Waals surface area (Å²) < 4.78 is 0. The Hall–Kier alpha value is -2.84. The second-order valence-electron chi connectivity index (χ2n) is 9.02. The van der Waals surface area contributed by atoms with Crippen LogP contribution in [0, 0.1) is 5.92 Å². The van der Waals surface area contributed by atoms with Crippen LogP contribution in [0.4, 0.5) is 5.82 Å². The van der Waals surface area contributed by atoms with E-state index in [9.17, 15) is 4.79 Å². The van der Waals surface area contributed by atoms with Crippen molar-refractivity contribution in [1.82, 2.24) is 24.8 Å². The number of fused-ring (bicyclic) bond motifs is 4. The van der Waals surface area contributed by atoms with Gasteiger partial charge in [0, 0.05) is 31.1 Å². The minimum atomic E-state index is -0.0656. The molecule has 0 saturated carbocycles. The van der Waals surface area contributed by atoms with Gasteiger partial charge in [-0.1, -0.05) is 19.1 Å². The van der Waals surface area contributed by atoms with Crippen LogP contribution in [-0.4, -0.2) is 51.0 Å². The lowest BCUT2D eigenvalue weighted by molar-refractivity contribution is 0.244. The molecule has 4 aromatic rings. The molecule has 32 heavy (non-hydrogen) atoms. The summed E-state index contributed by atoms with van der Waals surface area (Å²) in [6, 6.07) is 7.50. The summed E-state index contributed by atoms with van der Waals surface area (Å²) >= 11 is 1.86. The van der Waals surface area contributed by atoms with Gasteiger partial charge in [0.05, 0.1) is 22.8 Å². The summed E-state index contributed by atoms with van der Waals surface area (Å²) in [4.78, 5) is 36.7. The molecule has 6 rings (SSSR count). The van der Waals surface area contributed by atoms with Crippen molar-refractivity contribution in [3.63, 3.8) is 0 Å². The van der Waals surface area contributed by atoms with Gasteiger partial charge in [-0.15, -0.1) is 11.3 Å². The molecule has 4 heterocycles. The molecule has 8 heteroatoms. The van der Waals surface area contributed by atoms with E-state index in [4.69, 9.17) is 4.98 Å². The third-order valence-corrected chi connectivity index (χ3v) is 7.94. The molecular formula is C24H26N6OS. The van der Waals surface area contributed by atoms with E-state index in [0.717, 1.165) is 60.5 Å². The van der Waals surface area contributed by atoms with E-state index in [1.54, 1.807) is 6.33 Å². The topological polar surface area (TPSA) is 78.0 Å². The van der Waals surface area contributed by atoms with E-state index < -0.39 is 0 Å². The molecule has 1 fully saturated rings. The highest BCUT2D eigenvalue weighted by atomic mass is 32.1. The fourth-order valence-corrected chi connectivity index (χ4v) is 6.38. The zero-order valence-corrected chi connectivity index (χ0v) is 19.0. The van der Waals surface area contributed by atoms with Gasteiger partial charge >= 0.3 is 0 Å². The number of aromatic nitrogens is 4. The molecule has 0 amide bonds. The van der Waals surface area contributed by atoms with Crippen LogP contribution >= 0.6 is 11.3 Å². The van der Waals surface area contributed by atoms with Gasteiger partial charge in [0.25, 0.3) is 5.56 Å². The summed E-state index contributed by atoms with van der Waals surface area (Å²) in [5, 5.41) is 1.93. The minimum absolute atomic E-state index is 0.0656. The number of aryl methyl sites for hydroxylation is 1. The molecule has 2 aliphatic rings. The Morgan fingerprint density at radius 1 is 1.16 bits per heavy atom. The van der Waals surface area contributed by atoms with Gasteiger partial charge in [-0.2, -0.15) is 0 Å². The van der Waals surface area contributed by atoms with Crippen molar-refractivity contribution < 1.29 is 0 Å². The van der Waals surface area contributed by atoms with Gasteiger partial charge in [0.2, 0.25) is 0 Å². The number of hydrogen-bond donors (Lipinski definition) is 1. The molecule has 7 nitrogen and oxygen atoms in total. The van der Waals surface area contributed by atoms with Crippen molar-refractivity contribution in [3.05, 3.63) is 57.2 Å². The largest absolute Gasteiger partial charge is 0.353 e. The minimum Gasteiger partial charge on any atom is -0.353 e. The lowest BCUT2D eigenvalue weighted by Gasteiger charge is -2.35. The highest BCUT2D eigenvalue weighted by Gasteiger charge is 2.26. The number of para-hydroxylation sites is 1. The summed E-state index contributed by atoms with van der Waals surface area (Å²) in [5.41, 5.74) is 2.17. The smallest absolute Gasteiger partial charge is 0.258 e. The zero-order valence-electron chi connectivity index (χ0n) is 18.2. The summed E-state index contributed by atoms with van der Waals surface area (Å²) in [6.07, 6.45) is 5.27. The predicted octanol–water partition coefficient (Wildman–Crippen LogP) is 3.37. The molecule has 164 valence electrons. The molecule has 0 spiro atoms. The molecule has 1 aliphatic heterocycles. The first-order valence-corrected chi connectivity index (χ1v) is 12.2. The van der Waals surface area contributed by atoms with Gasteiger partial charge in [-0.25, -0.2) is 15.0 Å². The Labute approximate surface area is 190 Å². The molecule has 1 atom stereocenters. The van der Waals surface area contributed by atoms with E-state index in [1.165, 1.54) is 28.7 Å². The molecule has 1 aromatic carbocycles. The number of thiophene rings is 1. The number of anilines is 1. The lowest BCUT2D eigenvalue weighted by atomic mass is 9.89. The van der Waals surface area contributed by atoms with E-state index in [0.29, 0.717) is 11.9 Å².